The van der Waals surface area contributed by atoms with Crippen LogP contribution in [-0.2, 0) is 6.54 Å². The van der Waals surface area contributed by atoms with E-state index >= 15 is 0 Å². The van der Waals surface area contributed by atoms with Crippen molar-refractivity contribution in [3.8, 4) is 17.0 Å². The van der Waals surface area contributed by atoms with E-state index in [0.717, 1.165) is 56.0 Å². The highest BCUT2D eigenvalue weighted by atomic mass is 35.5. The summed E-state index contributed by atoms with van der Waals surface area (Å²) in [4.78, 5) is 2.48. The zero-order valence-electron chi connectivity index (χ0n) is 16.2. The molecule has 2 fully saturated rings. The molecule has 1 aromatic heterocycles. The number of piperidine rings is 2. The summed E-state index contributed by atoms with van der Waals surface area (Å²) in [7, 11) is 1.68. The summed E-state index contributed by atoms with van der Waals surface area (Å²) in [5, 5.41) is 21.0. The fraction of sp³-hybridized carbons (Fsp3) is 0.550. The fourth-order valence-corrected chi connectivity index (χ4v) is 4.49. The molecule has 3 heterocycles. The number of aliphatic hydroxyl groups excluding tert-OH is 1. The lowest BCUT2D eigenvalue weighted by Crippen LogP contribution is -2.61. The predicted octanol–water partition coefficient (Wildman–Crippen LogP) is 2.87. The maximum atomic E-state index is 9.97. The normalized spacial score (nSPS) is 24.6. The first-order valence-electron chi connectivity index (χ1n) is 9.47. The third-order valence-electron chi connectivity index (χ3n) is 6.15. The first-order chi connectivity index (χ1) is 12.7. The van der Waals surface area contributed by atoms with Crippen LogP contribution in [-0.4, -0.2) is 59.6 Å². The Morgan fingerprint density at radius 2 is 2.04 bits per heavy atom. The number of nitrogens with one attached hydrogen (secondary N) is 2. The highest BCUT2D eigenvalue weighted by Gasteiger charge is 2.43. The number of fused-ring (bicyclic) bond motifs is 1. The molecule has 0 aliphatic carbocycles. The van der Waals surface area contributed by atoms with Gasteiger partial charge < -0.3 is 15.2 Å². The first kappa shape index (κ1) is 23.0. The van der Waals surface area contributed by atoms with Crippen LogP contribution in [0.3, 0.4) is 0 Å². The predicted molar refractivity (Wildman–Crippen MR) is 116 cm³/mol. The highest BCUT2D eigenvalue weighted by molar-refractivity contribution is 5.85. The molecule has 2 aliphatic rings. The van der Waals surface area contributed by atoms with Gasteiger partial charge in [0.05, 0.1) is 25.6 Å². The molecule has 0 unspecified atom stereocenters. The number of methoxy groups -OCH3 is 1. The van der Waals surface area contributed by atoms with Gasteiger partial charge in [-0.1, -0.05) is 0 Å². The van der Waals surface area contributed by atoms with Crippen molar-refractivity contribution in [3.05, 3.63) is 36.0 Å². The molecule has 2 aromatic rings. The SMILES string of the molecule is COc1ccc(-c2[nH]ncc2CN2CC[C@@]3(CO)CCCN[C@@H]3C2)cc1.Cl.Cl. The van der Waals surface area contributed by atoms with Gasteiger partial charge in [0, 0.05) is 35.7 Å². The van der Waals surface area contributed by atoms with Crippen LogP contribution in [0.2, 0.25) is 0 Å². The van der Waals surface area contributed by atoms with Gasteiger partial charge in [0.25, 0.3) is 0 Å². The van der Waals surface area contributed by atoms with Crippen molar-refractivity contribution in [2.45, 2.75) is 31.8 Å². The molecule has 6 nitrogen and oxygen atoms in total. The molecule has 2 saturated heterocycles. The lowest BCUT2D eigenvalue weighted by molar-refractivity contribution is -0.0150. The number of nitrogens with zero attached hydrogens (tertiary/aromatic N) is 2. The third-order valence-corrected chi connectivity index (χ3v) is 6.15. The zero-order chi connectivity index (χ0) is 18.0. The summed E-state index contributed by atoms with van der Waals surface area (Å²) in [6.07, 6.45) is 5.29. The lowest BCUT2D eigenvalue weighted by Gasteiger charge is -2.50. The Labute approximate surface area is 178 Å². The Hall–Kier alpha value is -1.31. The summed E-state index contributed by atoms with van der Waals surface area (Å²) in [6.45, 7) is 4.22. The molecular weight excluding hydrogens is 399 g/mol. The average molecular weight is 429 g/mol. The molecular formula is C20H30Cl2N4O2. The van der Waals surface area contributed by atoms with Crippen LogP contribution in [0, 0.1) is 5.41 Å². The van der Waals surface area contributed by atoms with Crippen LogP contribution >= 0.6 is 24.8 Å². The van der Waals surface area contributed by atoms with E-state index in [9.17, 15) is 5.11 Å². The van der Waals surface area contributed by atoms with Gasteiger partial charge in [-0.05, 0) is 56.6 Å². The molecule has 2 atom stereocenters. The number of aliphatic hydroxyl groups is 1. The van der Waals surface area contributed by atoms with Crippen LogP contribution in [0.4, 0.5) is 0 Å². The minimum atomic E-state index is 0. The smallest absolute Gasteiger partial charge is 0.118 e. The van der Waals surface area contributed by atoms with E-state index in [4.69, 9.17) is 4.74 Å². The quantitative estimate of drug-likeness (QED) is 0.682. The van der Waals surface area contributed by atoms with E-state index in [1.165, 1.54) is 12.0 Å². The van der Waals surface area contributed by atoms with E-state index in [-0.39, 0.29) is 30.2 Å². The molecule has 4 rings (SSSR count). The molecule has 0 bridgehead atoms. The van der Waals surface area contributed by atoms with Crippen LogP contribution in [0.25, 0.3) is 11.3 Å². The second kappa shape index (κ2) is 9.94. The van der Waals surface area contributed by atoms with Gasteiger partial charge >= 0.3 is 0 Å². The molecule has 2 aliphatic heterocycles. The fourth-order valence-electron chi connectivity index (χ4n) is 4.49. The number of halogens is 2. The number of hydrogen-bond donors (Lipinski definition) is 3. The topological polar surface area (TPSA) is 73.4 Å². The highest BCUT2D eigenvalue weighted by Crippen LogP contribution is 2.38. The number of aromatic amines is 1. The number of H-pyrrole nitrogens is 1. The minimum absolute atomic E-state index is 0. The summed E-state index contributed by atoms with van der Waals surface area (Å²) >= 11 is 0. The van der Waals surface area contributed by atoms with E-state index in [1.54, 1.807) is 7.11 Å². The third kappa shape index (κ3) is 4.47. The van der Waals surface area contributed by atoms with Gasteiger partial charge in [0.15, 0.2) is 0 Å². The van der Waals surface area contributed by atoms with Crippen molar-refractivity contribution in [2.75, 3.05) is 33.4 Å². The molecule has 0 spiro atoms. The van der Waals surface area contributed by atoms with E-state index in [1.807, 2.05) is 18.3 Å². The van der Waals surface area contributed by atoms with Gasteiger partial charge in [0.1, 0.15) is 5.75 Å². The Balaban J connectivity index is 0.00000140. The van der Waals surface area contributed by atoms with Crippen molar-refractivity contribution in [1.29, 1.82) is 0 Å². The van der Waals surface area contributed by atoms with E-state index in [2.05, 4.69) is 32.5 Å². The number of ether oxygens (including phenoxy) is 1. The molecule has 3 N–H and O–H groups in total. The van der Waals surface area contributed by atoms with Gasteiger partial charge in [0.2, 0.25) is 0 Å². The zero-order valence-corrected chi connectivity index (χ0v) is 17.8. The van der Waals surface area contributed by atoms with Crippen LogP contribution in [0.5, 0.6) is 5.75 Å². The number of aromatic nitrogens is 2. The first-order valence-corrected chi connectivity index (χ1v) is 9.47. The summed E-state index contributed by atoms with van der Waals surface area (Å²) in [5.74, 6) is 0.856. The summed E-state index contributed by atoms with van der Waals surface area (Å²) in [6, 6.07) is 8.45. The maximum absolute atomic E-state index is 9.97. The second-order valence-electron chi connectivity index (χ2n) is 7.61. The van der Waals surface area contributed by atoms with Gasteiger partial charge in [-0.25, -0.2) is 0 Å². The van der Waals surface area contributed by atoms with Crippen molar-refractivity contribution >= 4 is 24.8 Å². The van der Waals surface area contributed by atoms with Crippen molar-refractivity contribution in [3.63, 3.8) is 0 Å². The molecule has 0 saturated carbocycles. The number of likely N-dealkylation sites (tertiary alicyclic amines) is 1. The molecule has 28 heavy (non-hydrogen) atoms. The van der Waals surface area contributed by atoms with Gasteiger partial charge in [-0.15, -0.1) is 24.8 Å². The van der Waals surface area contributed by atoms with Crippen LogP contribution in [0.1, 0.15) is 24.8 Å². The maximum Gasteiger partial charge on any atom is 0.118 e. The van der Waals surface area contributed by atoms with Crippen molar-refractivity contribution in [2.24, 2.45) is 5.41 Å². The van der Waals surface area contributed by atoms with Crippen LogP contribution < -0.4 is 10.1 Å². The monoisotopic (exact) mass is 428 g/mol. The number of benzene rings is 1. The number of hydrogen-bond acceptors (Lipinski definition) is 5. The molecule has 156 valence electrons. The molecule has 1 aromatic carbocycles. The Bertz CT molecular complexity index is 740. The number of rotatable bonds is 5. The largest absolute Gasteiger partial charge is 0.497 e. The Morgan fingerprint density at radius 3 is 2.75 bits per heavy atom. The van der Waals surface area contributed by atoms with E-state index in [0.29, 0.717) is 12.6 Å². The molecule has 0 amide bonds. The molecule has 8 heteroatoms. The second-order valence-corrected chi connectivity index (χ2v) is 7.61. The summed E-state index contributed by atoms with van der Waals surface area (Å²) in [5.41, 5.74) is 3.48. The minimum Gasteiger partial charge on any atom is -0.497 e. The van der Waals surface area contributed by atoms with Gasteiger partial charge in [-0.3, -0.25) is 10.00 Å². The molecule has 0 radical (unpaired) electrons. The Kier molecular flexibility index (Phi) is 8.16. The Morgan fingerprint density at radius 1 is 1.25 bits per heavy atom. The van der Waals surface area contributed by atoms with Crippen molar-refractivity contribution < 1.29 is 9.84 Å². The van der Waals surface area contributed by atoms with Crippen molar-refractivity contribution in [1.82, 2.24) is 20.4 Å². The average Bonchev–Trinajstić information content (AvgIpc) is 3.16. The standard InChI is InChI=1S/C20H28N4O2.2ClH/c1-26-17-5-3-15(4-6-17)19-16(11-22-23-19)12-24-10-8-20(14-25)7-2-9-21-18(20)13-24;;/h3-6,11,18,21,25H,2,7-10,12-14H2,1H3,(H,22,23);2*1H/t18-,20-;;/m1../s1. The lowest BCUT2D eigenvalue weighted by atomic mass is 9.70. The van der Waals surface area contributed by atoms with Crippen LogP contribution in [0.15, 0.2) is 30.5 Å². The van der Waals surface area contributed by atoms with Gasteiger partial charge in [-0.2, -0.15) is 5.10 Å². The van der Waals surface area contributed by atoms with E-state index < -0.39 is 0 Å². The summed E-state index contributed by atoms with van der Waals surface area (Å²) < 4.78 is 5.25.